The van der Waals surface area contributed by atoms with Crippen LogP contribution in [0, 0.1) is 13.8 Å². The van der Waals surface area contributed by atoms with Crippen LogP contribution in [0.1, 0.15) is 38.8 Å². The van der Waals surface area contributed by atoms with Crippen LogP contribution in [0.3, 0.4) is 0 Å². The summed E-state index contributed by atoms with van der Waals surface area (Å²) in [6.45, 7) is 13.7. The van der Waals surface area contributed by atoms with Crippen LogP contribution in [0.2, 0.25) is 5.54 Å². The quantitative estimate of drug-likeness (QED) is 0.334. The molecule has 0 N–H and O–H groups in total. The van der Waals surface area contributed by atoms with Gasteiger partial charge in [-0.25, -0.2) is 0 Å². The van der Waals surface area contributed by atoms with E-state index in [4.69, 9.17) is 9.47 Å². The first-order chi connectivity index (χ1) is 16.2. The number of methoxy groups -OCH3 is 2. The van der Waals surface area contributed by atoms with E-state index in [9.17, 15) is 0 Å². The second-order valence-electron chi connectivity index (χ2n) is 9.70. The minimum absolute atomic E-state index is 0.313. The maximum absolute atomic E-state index is 5.75. The van der Waals surface area contributed by atoms with Crippen LogP contribution in [0.25, 0.3) is 0 Å². The molecule has 0 amide bonds. The van der Waals surface area contributed by atoms with Crippen LogP contribution in [-0.4, -0.2) is 22.3 Å². The van der Waals surface area contributed by atoms with Crippen LogP contribution in [0.15, 0.2) is 89.0 Å². The standard InChI is InChI=1S/C31H36O2Si/c1-20-15-21(2)17-30(16-20)34(28-13-9-11-26(18-28)32-7,29-14-10-12-27(19-29)33-8)31-24(5)22(3)23(4)25(31)6/h9-19,31H,1-8H3. The van der Waals surface area contributed by atoms with Gasteiger partial charge in [0, 0.05) is 5.54 Å². The molecule has 0 aliphatic heterocycles. The third kappa shape index (κ3) is 3.82. The molecule has 176 valence electrons. The van der Waals surface area contributed by atoms with E-state index in [-0.39, 0.29) is 0 Å². The molecule has 34 heavy (non-hydrogen) atoms. The Morgan fingerprint density at radius 1 is 0.559 bits per heavy atom. The second kappa shape index (κ2) is 9.30. The monoisotopic (exact) mass is 468 g/mol. The molecule has 3 aromatic carbocycles. The van der Waals surface area contributed by atoms with Gasteiger partial charge in [-0.05, 0) is 92.5 Å². The molecule has 1 aliphatic rings. The van der Waals surface area contributed by atoms with E-state index in [0.29, 0.717) is 5.54 Å². The third-order valence-corrected chi connectivity index (χ3v) is 13.1. The van der Waals surface area contributed by atoms with Gasteiger partial charge < -0.3 is 9.47 Å². The molecule has 0 unspecified atom stereocenters. The van der Waals surface area contributed by atoms with Crippen LogP contribution in [0.4, 0.5) is 0 Å². The Morgan fingerprint density at radius 3 is 1.41 bits per heavy atom. The van der Waals surface area contributed by atoms with Crippen molar-refractivity contribution < 1.29 is 9.47 Å². The maximum Gasteiger partial charge on any atom is 0.159 e. The minimum Gasteiger partial charge on any atom is -0.497 e. The zero-order valence-electron chi connectivity index (χ0n) is 21.7. The summed E-state index contributed by atoms with van der Waals surface area (Å²) in [5.41, 5.74) is 8.72. The first kappa shape index (κ1) is 24.1. The lowest BCUT2D eigenvalue weighted by Gasteiger charge is -2.41. The predicted octanol–water partition coefficient (Wildman–Crippen LogP) is 5.85. The Bertz CT molecular complexity index is 1210. The Hall–Kier alpha value is -3.04. The number of allylic oxidation sites excluding steroid dienone is 4. The van der Waals surface area contributed by atoms with Crippen molar-refractivity contribution in [2.45, 2.75) is 47.1 Å². The molecule has 0 saturated carbocycles. The second-order valence-corrected chi connectivity index (χ2v) is 13.6. The first-order valence-electron chi connectivity index (χ1n) is 12.0. The fraction of sp³-hybridized carbons (Fsp3) is 0.290. The Morgan fingerprint density at radius 2 is 1.00 bits per heavy atom. The topological polar surface area (TPSA) is 18.5 Å². The molecule has 4 rings (SSSR count). The molecule has 0 fully saturated rings. The smallest absolute Gasteiger partial charge is 0.159 e. The van der Waals surface area contributed by atoms with E-state index in [0.717, 1.165) is 11.5 Å². The molecule has 0 heterocycles. The van der Waals surface area contributed by atoms with Crippen LogP contribution >= 0.6 is 0 Å². The lowest BCUT2D eigenvalue weighted by Crippen LogP contribution is -2.70. The number of hydrogen-bond donors (Lipinski definition) is 0. The Labute approximate surface area is 206 Å². The summed E-state index contributed by atoms with van der Waals surface area (Å²) in [6.07, 6.45) is 0. The molecule has 0 atom stereocenters. The summed E-state index contributed by atoms with van der Waals surface area (Å²) in [6, 6.07) is 24.7. The van der Waals surface area contributed by atoms with Crippen molar-refractivity contribution in [2.24, 2.45) is 0 Å². The molecule has 1 aliphatic carbocycles. The van der Waals surface area contributed by atoms with Gasteiger partial charge >= 0.3 is 0 Å². The van der Waals surface area contributed by atoms with Crippen LogP contribution in [0.5, 0.6) is 11.5 Å². The summed E-state index contributed by atoms with van der Waals surface area (Å²) in [7, 11) is 0.875. The van der Waals surface area contributed by atoms with Gasteiger partial charge in [-0.15, -0.1) is 0 Å². The summed E-state index contributed by atoms with van der Waals surface area (Å²) < 4.78 is 11.5. The van der Waals surface area contributed by atoms with Gasteiger partial charge in [-0.3, -0.25) is 0 Å². The number of benzene rings is 3. The molecule has 0 radical (unpaired) electrons. The molecule has 0 saturated heterocycles. The summed E-state index contributed by atoms with van der Waals surface area (Å²) in [4.78, 5) is 0. The highest BCUT2D eigenvalue weighted by Crippen LogP contribution is 2.46. The number of hydrogen-bond acceptors (Lipinski definition) is 2. The molecule has 2 nitrogen and oxygen atoms in total. The van der Waals surface area contributed by atoms with Gasteiger partial charge in [0.1, 0.15) is 11.5 Å². The van der Waals surface area contributed by atoms with Gasteiger partial charge in [0.25, 0.3) is 0 Å². The lowest BCUT2D eigenvalue weighted by atomic mass is 10.1. The highest BCUT2D eigenvalue weighted by molar-refractivity contribution is 7.13. The highest BCUT2D eigenvalue weighted by Gasteiger charge is 2.50. The van der Waals surface area contributed by atoms with Gasteiger partial charge in [-0.2, -0.15) is 0 Å². The van der Waals surface area contributed by atoms with Crippen molar-refractivity contribution in [2.75, 3.05) is 14.2 Å². The molecule has 0 aromatic heterocycles. The number of aryl methyl sites for hydroxylation is 2. The third-order valence-electron chi connectivity index (χ3n) is 7.77. The van der Waals surface area contributed by atoms with E-state index in [1.54, 1.807) is 14.2 Å². The van der Waals surface area contributed by atoms with Crippen molar-refractivity contribution in [3.63, 3.8) is 0 Å². The summed E-state index contributed by atoms with van der Waals surface area (Å²) in [5, 5.41) is 4.14. The van der Waals surface area contributed by atoms with Crippen molar-refractivity contribution in [3.05, 3.63) is 100 Å². The van der Waals surface area contributed by atoms with Crippen LogP contribution < -0.4 is 25.0 Å². The predicted molar refractivity (Wildman–Crippen MR) is 147 cm³/mol. The van der Waals surface area contributed by atoms with Crippen molar-refractivity contribution in [1.82, 2.24) is 0 Å². The van der Waals surface area contributed by atoms with E-state index in [2.05, 4.69) is 96.1 Å². The average molecular weight is 469 g/mol. The van der Waals surface area contributed by atoms with Gasteiger partial charge in [0.15, 0.2) is 8.07 Å². The van der Waals surface area contributed by atoms with Gasteiger partial charge in [0.2, 0.25) is 0 Å². The van der Waals surface area contributed by atoms with Crippen molar-refractivity contribution >= 4 is 23.6 Å². The van der Waals surface area contributed by atoms with E-state index in [1.165, 1.54) is 49.0 Å². The summed E-state index contributed by atoms with van der Waals surface area (Å²) >= 11 is 0. The Balaban J connectivity index is 2.22. The zero-order chi connectivity index (χ0) is 24.6. The molecular formula is C31H36O2Si. The van der Waals surface area contributed by atoms with Gasteiger partial charge in [0.05, 0.1) is 14.2 Å². The highest BCUT2D eigenvalue weighted by atomic mass is 28.3. The molecule has 0 bridgehead atoms. The van der Waals surface area contributed by atoms with E-state index in [1.807, 2.05) is 12.1 Å². The zero-order valence-corrected chi connectivity index (χ0v) is 22.7. The first-order valence-corrected chi connectivity index (χ1v) is 14.0. The lowest BCUT2D eigenvalue weighted by molar-refractivity contribution is 0.415. The number of ether oxygens (including phenoxy) is 2. The normalized spacial score (nSPS) is 14.7. The molecule has 3 aromatic rings. The Kier molecular flexibility index (Phi) is 6.59. The van der Waals surface area contributed by atoms with E-state index < -0.39 is 8.07 Å². The van der Waals surface area contributed by atoms with Crippen LogP contribution in [-0.2, 0) is 0 Å². The molecule has 3 heteroatoms. The average Bonchev–Trinajstić information content (AvgIpc) is 3.02. The fourth-order valence-electron chi connectivity index (χ4n) is 5.94. The van der Waals surface area contributed by atoms with Crippen molar-refractivity contribution in [1.29, 1.82) is 0 Å². The van der Waals surface area contributed by atoms with E-state index >= 15 is 0 Å². The minimum atomic E-state index is -2.63. The fourth-order valence-corrected chi connectivity index (χ4v) is 12.0. The molecular weight excluding hydrogens is 432 g/mol. The molecule has 0 spiro atoms. The van der Waals surface area contributed by atoms with Gasteiger partial charge in [-0.1, -0.05) is 64.7 Å². The largest absolute Gasteiger partial charge is 0.497 e. The number of rotatable bonds is 6. The SMILES string of the molecule is COc1cccc([Si](c2cc(C)cc(C)c2)(c2cccc(OC)c2)C2C(C)=C(C)C(C)=C2C)c1. The van der Waals surface area contributed by atoms with Crippen molar-refractivity contribution in [3.8, 4) is 11.5 Å². The maximum atomic E-state index is 5.75. The summed E-state index contributed by atoms with van der Waals surface area (Å²) in [5.74, 6) is 1.80.